The van der Waals surface area contributed by atoms with Crippen molar-refractivity contribution >= 4 is 11.7 Å². The molecule has 0 bridgehead atoms. The molecule has 106 valence electrons. The van der Waals surface area contributed by atoms with Crippen LogP contribution < -0.4 is 5.32 Å². The van der Waals surface area contributed by atoms with E-state index in [1.54, 1.807) is 23.9 Å². The van der Waals surface area contributed by atoms with E-state index in [4.69, 9.17) is 0 Å². The molecule has 5 nitrogen and oxygen atoms in total. The minimum absolute atomic E-state index is 0.0757. The van der Waals surface area contributed by atoms with Gasteiger partial charge in [0.05, 0.1) is 5.60 Å². The molecular weight excluding hydrogens is 244 g/mol. The van der Waals surface area contributed by atoms with Crippen molar-refractivity contribution < 1.29 is 14.7 Å². The number of ketones is 1. The Kier molecular flexibility index (Phi) is 4.89. The first kappa shape index (κ1) is 15.4. The Balaban J connectivity index is 2.76. The molecule has 1 amide bonds. The van der Waals surface area contributed by atoms with Crippen LogP contribution in [0.25, 0.3) is 0 Å². The number of hydrogen-bond donors (Lipinski definition) is 2. The number of carbonyl (C=O) groups excluding carboxylic acids is 2. The number of aliphatic hydroxyl groups is 1. The normalized spacial score (nSPS) is 11.4. The number of amides is 1. The predicted octanol–water partition coefficient (Wildman–Crippen LogP) is 1.51. The maximum absolute atomic E-state index is 12.0. The van der Waals surface area contributed by atoms with Gasteiger partial charge in [-0.3, -0.25) is 9.59 Å². The Labute approximate surface area is 113 Å². The van der Waals surface area contributed by atoms with Crippen LogP contribution in [0.4, 0.5) is 0 Å². The topological polar surface area (TPSA) is 71.3 Å². The third-order valence-electron chi connectivity index (χ3n) is 3.54. The summed E-state index contributed by atoms with van der Waals surface area (Å²) in [7, 11) is 1.72. The lowest BCUT2D eigenvalue weighted by Crippen LogP contribution is -2.42. The standard InChI is InChI=1S/C14H22N2O3/c1-5-14(19,6-2)9-15-13(18)12-7-11(10(3)17)8-16(12)4/h7-8,19H,5-6,9H2,1-4H3,(H,15,18). The van der Waals surface area contributed by atoms with E-state index in [1.165, 1.54) is 6.92 Å². The van der Waals surface area contributed by atoms with Crippen LogP contribution in [0.3, 0.4) is 0 Å². The van der Waals surface area contributed by atoms with E-state index in [-0.39, 0.29) is 18.2 Å². The monoisotopic (exact) mass is 266 g/mol. The summed E-state index contributed by atoms with van der Waals surface area (Å²) in [6.45, 7) is 5.43. The van der Waals surface area contributed by atoms with Crippen LogP contribution in [0.5, 0.6) is 0 Å². The van der Waals surface area contributed by atoms with Crippen LogP contribution in [0.15, 0.2) is 12.3 Å². The first-order valence-electron chi connectivity index (χ1n) is 6.51. The van der Waals surface area contributed by atoms with Gasteiger partial charge in [-0.2, -0.15) is 0 Å². The molecule has 1 heterocycles. The van der Waals surface area contributed by atoms with Gasteiger partial charge in [0.25, 0.3) is 5.91 Å². The molecule has 1 rings (SSSR count). The zero-order valence-electron chi connectivity index (χ0n) is 12.0. The van der Waals surface area contributed by atoms with Crippen molar-refractivity contribution in [1.29, 1.82) is 0 Å². The number of carbonyl (C=O) groups is 2. The van der Waals surface area contributed by atoms with Gasteiger partial charge < -0.3 is 15.0 Å². The van der Waals surface area contributed by atoms with E-state index in [1.807, 2.05) is 13.8 Å². The minimum atomic E-state index is -0.871. The summed E-state index contributed by atoms with van der Waals surface area (Å²) in [5.41, 5.74) is 0.0539. The van der Waals surface area contributed by atoms with E-state index < -0.39 is 5.60 Å². The van der Waals surface area contributed by atoms with E-state index >= 15 is 0 Å². The fraction of sp³-hybridized carbons (Fsp3) is 0.571. The van der Waals surface area contributed by atoms with Gasteiger partial charge in [-0.05, 0) is 25.8 Å². The van der Waals surface area contributed by atoms with Crippen LogP contribution >= 0.6 is 0 Å². The molecule has 1 aromatic heterocycles. The highest BCUT2D eigenvalue weighted by Crippen LogP contribution is 2.14. The Morgan fingerprint density at radius 3 is 2.37 bits per heavy atom. The number of nitrogens with zero attached hydrogens (tertiary/aromatic N) is 1. The highest BCUT2D eigenvalue weighted by molar-refractivity contribution is 5.99. The number of hydrogen-bond acceptors (Lipinski definition) is 3. The van der Waals surface area contributed by atoms with Crippen LogP contribution in [0.1, 0.15) is 54.5 Å². The molecule has 0 saturated heterocycles. The van der Waals surface area contributed by atoms with Gasteiger partial charge in [-0.1, -0.05) is 13.8 Å². The molecule has 0 saturated carbocycles. The molecule has 0 aliphatic heterocycles. The molecule has 1 aromatic rings. The maximum Gasteiger partial charge on any atom is 0.268 e. The molecule has 0 unspecified atom stereocenters. The number of aryl methyl sites for hydroxylation is 1. The average molecular weight is 266 g/mol. The largest absolute Gasteiger partial charge is 0.388 e. The minimum Gasteiger partial charge on any atom is -0.388 e. The SMILES string of the molecule is CCC(O)(CC)CNC(=O)c1cc(C(C)=O)cn1C. The fourth-order valence-electron chi connectivity index (χ4n) is 1.82. The lowest BCUT2D eigenvalue weighted by Gasteiger charge is -2.25. The summed E-state index contributed by atoms with van der Waals surface area (Å²) in [4.78, 5) is 23.3. The molecule has 0 radical (unpaired) electrons. The lowest BCUT2D eigenvalue weighted by molar-refractivity contribution is 0.0312. The summed E-state index contributed by atoms with van der Waals surface area (Å²) < 4.78 is 1.61. The van der Waals surface area contributed by atoms with E-state index in [9.17, 15) is 14.7 Å². The van der Waals surface area contributed by atoms with Crippen LogP contribution in [-0.2, 0) is 7.05 Å². The highest BCUT2D eigenvalue weighted by atomic mass is 16.3. The van der Waals surface area contributed by atoms with Gasteiger partial charge >= 0.3 is 0 Å². The Bertz CT molecular complexity index is 473. The Morgan fingerprint density at radius 1 is 1.37 bits per heavy atom. The van der Waals surface area contributed by atoms with Crippen molar-refractivity contribution in [3.8, 4) is 0 Å². The van der Waals surface area contributed by atoms with Gasteiger partial charge in [-0.25, -0.2) is 0 Å². The Hall–Kier alpha value is -1.62. The molecule has 2 N–H and O–H groups in total. The second-order valence-electron chi connectivity index (χ2n) is 4.90. The van der Waals surface area contributed by atoms with E-state index in [0.29, 0.717) is 24.1 Å². The number of aromatic nitrogens is 1. The smallest absolute Gasteiger partial charge is 0.268 e. The van der Waals surface area contributed by atoms with Crippen molar-refractivity contribution in [3.63, 3.8) is 0 Å². The first-order valence-corrected chi connectivity index (χ1v) is 6.51. The molecule has 0 atom stereocenters. The van der Waals surface area contributed by atoms with Gasteiger partial charge in [0.15, 0.2) is 5.78 Å². The molecule has 0 aliphatic carbocycles. The Morgan fingerprint density at radius 2 is 1.95 bits per heavy atom. The van der Waals surface area contributed by atoms with Gasteiger partial charge in [0.2, 0.25) is 0 Å². The molecule has 0 aliphatic rings. The van der Waals surface area contributed by atoms with Crippen LogP contribution in [0, 0.1) is 0 Å². The average Bonchev–Trinajstić information content (AvgIpc) is 2.78. The highest BCUT2D eigenvalue weighted by Gasteiger charge is 2.23. The summed E-state index contributed by atoms with van der Waals surface area (Å²) >= 11 is 0. The molecule has 0 spiro atoms. The summed E-state index contributed by atoms with van der Waals surface area (Å²) in [5.74, 6) is -0.358. The lowest BCUT2D eigenvalue weighted by atomic mass is 9.97. The van der Waals surface area contributed by atoms with E-state index in [2.05, 4.69) is 5.32 Å². The predicted molar refractivity (Wildman–Crippen MR) is 73.3 cm³/mol. The quantitative estimate of drug-likeness (QED) is 0.767. The van der Waals surface area contributed by atoms with Crippen molar-refractivity contribution in [2.24, 2.45) is 7.05 Å². The van der Waals surface area contributed by atoms with Gasteiger partial charge in [0, 0.05) is 25.4 Å². The van der Waals surface area contributed by atoms with E-state index in [0.717, 1.165) is 0 Å². The number of nitrogens with one attached hydrogen (secondary N) is 1. The van der Waals surface area contributed by atoms with Crippen molar-refractivity contribution in [2.45, 2.75) is 39.2 Å². The van der Waals surface area contributed by atoms with Crippen LogP contribution in [-0.4, -0.2) is 33.5 Å². The van der Waals surface area contributed by atoms with Crippen molar-refractivity contribution in [3.05, 3.63) is 23.5 Å². The molecule has 0 fully saturated rings. The molecular formula is C14H22N2O3. The van der Waals surface area contributed by atoms with Crippen LogP contribution in [0.2, 0.25) is 0 Å². The fourth-order valence-corrected chi connectivity index (χ4v) is 1.82. The zero-order chi connectivity index (χ0) is 14.6. The molecule has 5 heteroatoms. The van der Waals surface area contributed by atoms with Crippen molar-refractivity contribution in [1.82, 2.24) is 9.88 Å². The number of Topliss-reactive ketones (excluding diaryl/α,β-unsaturated/α-hetero) is 1. The first-order chi connectivity index (χ1) is 8.83. The second-order valence-corrected chi connectivity index (χ2v) is 4.90. The molecule has 0 aromatic carbocycles. The third-order valence-corrected chi connectivity index (χ3v) is 3.54. The van der Waals surface area contributed by atoms with Crippen molar-refractivity contribution in [2.75, 3.05) is 6.54 Å². The van der Waals surface area contributed by atoms with Gasteiger partial charge in [-0.15, -0.1) is 0 Å². The zero-order valence-corrected chi connectivity index (χ0v) is 12.0. The molecule has 19 heavy (non-hydrogen) atoms. The van der Waals surface area contributed by atoms with Gasteiger partial charge in [0.1, 0.15) is 5.69 Å². The number of rotatable bonds is 6. The summed E-state index contributed by atoms with van der Waals surface area (Å²) in [6, 6.07) is 1.56. The summed E-state index contributed by atoms with van der Waals surface area (Å²) in [6.07, 6.45) is 2.79. The maximum atomic E-state index is 12.0. The third kappa shape index (κ3) is 3.67. The summed E-state index contributed by atoms with van der Waals surface area (Å²) in [5, 5.41) is 12.8. The second kappa shape index (κ2) is 6.02.